The quantitative estimate of drug-likeness (QED) is 0.826. The smallest absolute Gasteiger partial charge is 0.310 e. The fourth-order valence-corrected chi connectivity index (χ4v) is 3.44. The Morgan fingerprint density at radius 3 is 2.41 bits per heavy atom. The number of anilines is 1. The molecule has 2 saturated heterocycles. The summed E-state index contributed by atoms with van der Waals surface area (Å²) in [6.45, 7) is 1.42. The molecule has 0 spiro atoms. The van der Waals surface area contributed by atoms with Crippen LogP contribution in [-0.2, 0) is 14.3 Å². The molecule has 22 heavy (non-hydrogen) atoms. The lowest BCUT2D eigenvalue weighted by Crippen LogP contribution is -2.41. The van der Waals surface area contributed by atoms with Gasteiger partial charge in [-0.25, -0.2) is 0 Å². The molecule has 6 heteroatoms. The maximum absolute atomic E-state index is 12.5. The first-order chi connectivity index (χ1) is 10.5. The summed E-state index contributed by atoms with van der Waals surface area (Å²) in [4.78, 5) is 35.5. The highest BCUT2D eigenvalue weighted by Crippen LogP contribution is 2.44. The van der Waals surface area contributed by atoms with Crippen LogP contribution in [0.2, 0.25) is 0 Å². The second kappa shape index (κ2) is 5.53. The van der Waals surface area contributed by atoms with Crippen molar-refractivity contribution in [1.82, 2.24) is 0 Å². The number of ether oxygens (including phenoxy) is 1. The molecule has 2 fully saturated rings. The number of carbonyl (C=O) groups excluding carboxylic acids is 2. The molecule has 2 aliphatic heterocycles. The van der Waals surface area contributed by atoms with E-state index in [1.54, 1.807) is 24.3 Å². The first-order valence-corrected chi connectivity index (χ1v) is 7.28. The third kappa shape index (κ3) is 2.39. The fraction of sp³-hybridized carbons (Fsp3) is 0.438. The standard InChI is InChI=1S/C16H17NO5/c1-8(18)9-4-2-3-5-10(9)17-15(19)13-11-6-7-12(22-11)14(13)16(20)21/h2-5,11-14H,6-7H2,1H3,(H,17,19)(H,20,21)/t11-,12-,13+,14-/m1/s1. The van der Waals surface area contributed by atoms with Crippen LogP contribution in [0.3, 0.4) is 0 Å². The van der Waals surface area contributed by atoms with Crippen molar-refractivity contribution in [3.8, 4) is 0 Å². The van der Waals surface area contributed by atoms with E-state index in [1.807, 2.05) is 0 Å². The Balaban J connectivity index is 1.83. The number of amides is 1. The molecule has 1 amide bonds. The number of hydrogen-bond donors (Lipinski definition) is 2. The number of rotatable bonds is 4. The number of Topliss-reactive ketones (excluding diaryl/α,β-unsaturated/α-hetero) is 1. The Kier molecular flexibility index (Phi) is 3.70. The van der Waals surface area contributed by atoms with Gasteiger partial charge in [0.1, 0.15) is 0 Å². The average molecular weight is 303 g/mol. The predicted octanol–water partition coefficient (Wildman–Crippen LogP) is 1.71. The second-order valence-corrected chi connectivity index (χ2v) is 5.77. The molecule has 3 rings (SSSR count). The number of nitrogens with one attached hydrogen (secondary N) is 1. The van der Waals surface area contributed by atoms with Crippen LogP contribution in [0.1, 0.15) is 30.1 Å². The second-order valence-electron chi connectivity index (χ2n) is 5.77. The van der Waals surface area contributed by atoms with E-state index in [-0.39, 0.29) is 18.0 Å². The van der Waals surface area contributed by atoms with E-state index in [2.05, 4.69) is 5.32 Å². The molecule has 0 aromatic heterocycles. The highest BCUT2D eigenvalue weighted by Gasteiger charge is 2.55. The highest BCUT2D eigenvalue weighted by molar-refractivity contribution is 6.05. The monoisotopic (exact) mass is 303 g/mol. The molecule has 116 valence electrons. The van der Waals surface area contributed by atoms with Gasteiger partial charge in [0.25, 0.3) is 0 Å². The van der Waals surface area contributed by atoms with Gasteiger partial charge in [-0.1, -0.05) is 12.1 Å². The van der Waals surface area contributed by atoms with E-state index in [4.69, 9.17) is 4.74 Å². The number of aliphatic carboxylic acids is 1. The number of hydrogen-bond acceptors (Lipinski definition) is 4. The van der Waals surface area contributed by atoms with Gasteiger partial charge in [-0.2, -0.15) is 0 Å². The van der Waals surface area contributed by atoms with E-state index in [9.17, 15) is 19.5 Å². The maximum Gasteiger partial charge on any atom is 0.310 e. The van der Waals surface area contributed by atoms with Gasteiger partial charge in [-0.15, -0.1) is 0 Å². The number of carbonyl (C=O) groups is 3. The lowest BCUT2D eigenvalue weighted by Gasteiger charge is -2.24. The molecule has 2 aliphatic rings. The third-order valence-corrected chi connectivity index (χ3v) is 4.43. The minimum Gasteiger partial charge on any atom is -0.481 e. The van der Waals surface area contributed by atoms with Crippen LogP contribution in [0.4, 0.5) is 5.69 Å². The zero-order valence-corrected chi connectivity index (χ0v) is 12.1. The molecule has 1 aromatic carbocycles. The van der Waals surface area contributed by atoms with E-state index in [0.717, 1.165) is 0 Å². The lowest BCUT2D eigenvalue weighted by molar-refractivity contribution is -0.147. The van der Waals surface area contributed by atoms with Gasteiger partial charge in [-0.05, 0) is 31.9 Å². The van der Waals surface area contributed by atoms with Crippen molar-refractivity contribution in [3.05, 3.63) is 29.8 Å². The molecule has 0 radical (unpaired) electrons. The van der Waals surface area contributed by atoms with Crippen molar-refractivity contribution in [2.45, 2.75) is 32.0 Å². The molecule has 2 bridgehead atoms. The van der Waals surface area contributed by atoms with Crippen molar-refractivity contribution in [3.63, 3.8) is 0 Å². The maximum atomic E-state index is 12.5. The molecule has 0 aliphatic carbocycles. The molecular weight excluding hydrogens is 286 g/mol. The van der Waals surface area contributed by atoms with E-state index in [0.29, 0.717) is 24.1 Å². The van der Waals surface area contributed by atoms with Crippen molar-refractivity contribution in [2.75, 3.05) is 5.32 Å². The number of carboxylic acid groups (broad SMARTS) is 1. The van der Waals surface area contributed by atoms with E-state index < -0.39 is 23.7 Å². The van der Waals surface area contributed by atoms with Crippen LogP contribution in [-0.4, -0.2) is 35.0 Å². The van der Waals surface area contributed by atoms with Gasteiger partial charge >= 0.3 is 5.97 Å². The van der Waals surface area contributed by atoms with Crippen molar-refractivity contribution >= 4 is 23.3 Å². The number of para-hydroxylation sites is 1. The van der Waals surface area contributed by atoms with Crippen molar-refractivity contribution in [1.29, 1.82) is 0 Å². The van der Waals surface area contributed by atoms with E-state index in [1.165, 1.54) is 6.92 Å². The molecule has 4 atom stereocenters. The average Bonchev–Trinajstić information content (AvgIpc) is 3.08. The van der Waals surface area contributed by atoms with E-state index >= 15 is 0 Å². The Hall–Kier alpha value is -2.21. The Labute approximate surface area is 127 Å². The molecule has 2 N–H and O–H groups in total. The third-order valence-electron chi connectivity index (χ3n) is 4.43. The predicted molar refractivity (Wildman–Crippen MR) is 77.6 cm³/mol. The zero-order chi connectivity index (χ0) is 15.9. The lowest BCUT2D eigenvalue weighted by atomic mass is 9.78. The number of benzene rings is 1. The summed E-state index contributed by atoms with van der Waals surface area (Å²) < 4.78 is 5.59. The Morgan fingerprint density at radius 2 is 1.77 bits per heavy atom. The highest BCUT2D eigenvalue weighted by atomic mass is 16.5. The van der Waals surface area contributed by atoms with Crippen LogP contribution < -0.4 is 5.32 Å². The largest absolute Gasteiger partial charge is 0.481 e. The SMILES string of the molecule is CC(=O)c1ccccc1NC(=O)[C@@H]1[C@H](C(=O)O)[C@H]2CC[C@H]1O2. The Bertz CT molecular complexity index is 641. The molecule has 1 aromatic rings. The normalized spacial score (nSPS) is 29.3. The van der Waals surface area contributed by atoms with Crippen LogP contribution in [0.5, 0.6) is 0 Å². The fourth-order valence-electron chi connectivity index (χ4n) is 3.44. The summed E-state index contributed by atoms with van der Waals surface area (Å²) in [5.74, 6) is -3.09. The van der Waals surface area contributed by atoms with Crippen LogP contribution >= 0.6 is 0 Å². The topological polar surface area (TPSA) is 92.7 Å². The van der Waals surface area contributed by atoms with Gasteiger partial charge in [0, 0.05) is 5.56 Å². The summed E-state index contributed by atoms with van der Waals surface area (Å²) in [6.07, 6.45) is 0.632. The number of carboxylic acids is 1. The van der Waals surface area contributed by atoms with Crippen molar-refractivity contribution < 1.29 is 24.2 Å². The van der Waals surface area contributed by atoms with Gasteiger partial charge < -0.3 is 15.2 Å². The number of ketones is 1. The summed E-state index contributed by atoms with van der Waals surface area (Å²) in [7, 11) is 0. The van der Waals surface area contributed by atoms with Crippen LogP contribution in [0.25, 0.3) is 0 Å². The van der Waals surface area contributed by atoms with Crippen molar-refractivity contribution in [2.24, 2.45) is 11.8 Å². The Morgan fingerprint density at radius 1 is 1.14 bits per heavy atom. The summed E-state index contributed by atoms with van der Waals surface area (Å²) in [6, 6.07) is 6.70. The first kappa shape index (κ1) is 14.7. The van der Waals surface area contributed by atoms with Crippen LogP contribution in [0.15, 0.2) is 24.3 Å². The molecule has 0 unspecified atom stereocenters. The summed E-state index contributed by atoms with van der Waals surface area (Å²) in [5, 5.41) is 12.0. The minimum atomic E-state index is -1.01. The van der Waals surface area contributed by atoms with Gasteiger partial charge in [-0.3, -0.25) is 14.4 Å². The molecule has 2 heterocycles. The summed E-state index contributed by atoms with van der Waals surface area (Å²) >= 11 is 0. The van der Waals surface area contributed by atoms with Gasteiger partial charge in [0.2, 0.25) is 5.91 Å². The zero-order valence-electron chi connectivity index (χ0n) is 12.1. The van der Waals surface area contributed by atoms with Crippen LogP contribution in [0, 0.1) is 11.8 Å². The minimum absolute atomic E-state index is 0.158. The first-order valence-electron chi connectivity index (χ1n) is 7.28. The number of fused-ring (bicyclic) bond motifs is 2. The summed E-state index contributed by atoms with van der Waals surface area (Å²) in [5.41, 5.74) is 0.818. The molecule has 0 saturated carbocycles. The molecule has 6 nitrogen and oxygen atoms in total. The van der Waals surface area contributed by atoms with Gasteiger partial charge in [0.15, 0.2) is 5.78 Å². The van der Waals surface area contributed by atoms with Gasteiger partial charge in [0.05, 0.1) is 29.7 Å². The molecular formula is C16H17NO5.